The number of nitrogens with one attached hydrogen (secondary N) is 6. The lowest BCUT2D eigenvalue weighted by Gasteiger charge is -2.15. The number of aliphatic hydroxyl groups excluding tert-OH is 4. The standard InChI is InChI=1S/2C36H36N8O2.2C4H10O4/c2*1-5-25-21-37-22-33(39-25)41-32-19-24(17-18-38-32)23-46-30-16-15-29(27-13-9-10-14-28(27)30)40-35(45)42-34-20-31(36(2,3)4)43-44(34)26-11-7-6-8-12-26;2*5-3(6)1-2-4(7)8/h2*6-22H,5,23H2,1-4H3,(H,38,39,41)(H2,40,42,45);2*3-8H,1-2H2. The summed E-state index contributed by atoms with van der Waals surface area (Å²) in [6, 6.07) is 53.4. The van der Waals surface area contributed by atoms with Crippen molar-refractivity contribution in [1.82, 2.24) is 49.5 Å². The number of benzene rings is 6. The maximum absolute atomic E-state index is 13.3. The maximum Gasteiger partial charge on any atom is 0.324 e. The normalized spacial score (nSPS) is 11.3. The van der Waals surface area contributed by atoms with E-state index < -0.39 is 25.2 Å². The number of hydrogen-bond acceptors (Lipinski definition) is 22. The largest absolute Gasteiger partial charge is 0.488 e. The Balaban J connectivity index is 0.000000207. The number of nitrogens with zero attached hydrogens (tertiary/aromatic N) is 10. The van der Waals surface area contributed by atoms with E-state index in [1.807, 2.05) is 184 Å². The molecule has 0 unspecified atom stereocenters. The van der Waals surface area contributed by atoms with Crippen molar-refractivity contribution in [2.45, 2.75) is 143 Å². The Morgan fingerprint density at radius 2 is 0.769 bits per heavy atom. The number of amides is 4. The molecule has 0 aliphatic rings. The maximum atomic E-state index is 13.3. The van der Waals surface area contributed by atoms with Gasteiger partial charge in [-0.25, -0.2) is 38.9 Å². The van der Waals surface area contributed by atoms with Crippen LogP contribution in [0.2, 0.25) is 0 Å². The number of aromatic nitrogens is 10. The molecular formula is C80H92N16O12. The third-order valence-corrected chi connectivity index (χ3v) is 16.1. The number of urea groups is 2. The van der Waals surface area contributed by atoms with Gasteiger partial charge >= 0.3 is 12.1 Å². The van der Waals surface area contributed by atoms with Gasteiger partial charge in [-0.3, -0.25) is 20.6 Å². The van der Waals surface area contributed by atoms with E-state index in [0.717, 1.165) is 79.7 Å². The predicted octanol–water partition coefficient (Wildman–Crippen LogP) is 12.8. The van der Waals surface area contributed by atoms with Crippen molar-refractivity contribution in [3.63, 3.8) is 0 Å². The Hall–Kier alpha value is -11.9. The van der Waals surface area contributed by atoms with E-state index in [-0.39, 0.29) is 48.6 Å². The molecule has 4 amide bonds. The number of ether oxygens (including phenoxy) is 2. The second kappa shape index (κ2) is 38.4. The van der Waals surface area contributed by atoms with Crippen LogP contribution in [-0.4, -0.2) is 128 Å². The first-order valence-electron chi connectivity index (χ1n) is 35.1. The molecule has 6 aromatic heterocycles. The van der Waals surface area contributed by atoms with Crippen LogP contribution in [0.3, 0.4) is 0 Å². The molecule has 0 bridgehead atoms. The molecule has 564 valence electrons. The van der Waals surface area contributed by atoms with Gasteiger partial charge in [0.05, 0.1) is 57.9 Å². The number of pyridine rings is 2. The number of aliphatic hydroxyl groups is 8. The summed E-state index contributed by atoms with van der Waals surface area (Å²) >= 11 is 0. The van der Waals surface area contributed by atoms with Gasteiger partial charge in [-0.1, -0.05) is 140 Å². The van der Waals surface area contributed by atoms with Crippen LogP contribution >= 0.6 is 0 Å². The van der Waals surface area contributed by atoms with Crippen molar-refractivity contribution in [2.75, 3.05) is 31.9 Å². The first kappa shape index (κ1) is 80.2. The van der Waals surface area contributed by atoms with E-state index in [9.17, 15) is 9.59 Å². The zero-order chi connectivity index (χ0) is 77.3. The smallest absolute Gasteiger partial charge is 0.324 e. The molecule has 0 saturated heterocycles. The Morgan fingerprint density at radius 3 is 1.11 bits per heavy atom. The van der Waals surface area contributed by atoms with E-state index in [1.54, 1.807) is 46.5 Å². The molecule has 0 fully saturated rings. The van der Waals surface area contributed by atoms with Crippen LogP contribution in [0.15, 0.2) is 207 Å². The Labute approximate surface area is 625 Å². The average Bonchev–Trinajstić information content (AvgIpc) is 1.57. The van der Waals surface area contributed by atoms with Crippen molar-refractivity contribution < 1.29 is 59.9 Å². The number of anilines is 8. The summed E-state index contributed by atoms with van der Waals surface area (Å²) in [5.41, 5.74) is 8.07. The average molecular weight is 1470 g/mol. The number of carbonyl (C=O) groups is 2. The monoisotopic (exact) mass is 1470 g/mol. The SMILES string of the molecule is CCc1cncc(Nc2cc(COc3ccc(NC(=O)Nc4cc(C(C)(C)C)nn4-c4ccccc4)c4ccccc34)ccn2)n1.CCc1cncc(Nc2cc(COc3ccc(NC(=O)Nc4cc(C(C)(C)C)nn4-c4ccccc4)c4ccccc34)ccn2)n1.OC(O)CCC(O)O.OC(O)CCC(O)O. The van der Waals surface area contributed by atoms with Crippen LogP contribution in [0, 0.1) is 0 Å². The number of carbonyl (C=O) groups excluding carboxylic acids is 2. The molecular weight excluding hydrogens is 1380 g/mol. The van der Waals surface area contributed by atoms with Gasteiger partial charge in [0, 0.05) is 95.0 Å². The van der Waals surface area contributed by atoms with Gasteiger partial charge in [-0.2, -0.15) is 10.2 Å². The van der Waals surface area contributed by atoms with Gasteiger partial charge in [0.25, 0.3) is 0 Å². The fourth-order valence-corrected chi connectivity index (χ4v) is 10.5. The molecule has 28 nitrogen and oxygen atoms in total. The number of fused-ring (bicyclic) bond motifs is 2. The van der Waals surface area contributed by atoms with Crippen molar-refractivity contribution in [3.8, 4) is 22.9 Å². The lowest BCUT2D eigenvalue weighted by atomic mass is 9.92. The molecule has 0 aliphatic carbocycles. The Bertz CT molecular complexity index is 4550. The van der Waals surface area contributed by atoms with Crippen LogP contribution in [0.4, 0.5) is 55.9 Å². The highest BCUT2D eigenvalue weighted by Crippen LogP contribution is 2.36. The van der Waals surface area contributed by atoms with E-state index in [1.165, 1.54) is 0 Å². The summed E-state index contributed by atoms with van der Waals surface area (Å²) in [6.07, 6.45) is 6.18. The zero-order valence-electron chi connectivity index (χ0n) is 61.3. The van der Waals surface area contributed by atoms with Crippen molar-refractivity contribution in [3.05, 3.63) is 241 Å². The van der Waals surface area contributed by atoms with Gasteiger partial charge in [0.1, 0.15) is 59.6 Å². The van der Waals surface area contributed by atoms with Crippen LogP contribution in [0.1, 0.15) is 115 Å². The highest BCUT2D eigenvalue weighted by molar-refractivity contribution is 6.08. The first-order chi connectivity index (χ1) is 51.8. The number of hydrogen-bond donors (Lipinski definition) is 14. The summed E-state index contributed by atoms with van der Waals surface area (Å²) in [6.45, 7) is 17.3. The lowest BCUT2D eigenvalue weighted by Crippen LogP contribution is -2.21. The van der Waals surface area contributed by atoms with Crippen molar-refractivity contribution in [1.29, 1.82) is 0 Å². The summed E-state index contributed by atoms with van der Waals surface area (Å²) < 4.78 is 16.1. The fourth-order valence-electron chi connectivity index (χ4n) is 10.5. The van der Waals surface area contributed by atoms with E-state index in [0.29, 0.717) is 71.0 Å². The van der Waals surface area contributed by atoms with Crippen molar-refractivity contribution in [2.24, 2.45) is 0 Å². The molecule has 0 atom stereocenters. The number of para-hydroxylation sites is 2. The Morgan fingerprint density at radius 1 is 0.417 bits per heavy atom. The van der Waals surface area contributed by atoms with Crippen LogP contribution in [0.25, 0.3) is 32.9 Å². The number of rotatable bonds is 24. The van der Waals surface area contributed by atoms with Gasteiger partial charge in [0.15, 0.2) is 25.2 Å². The molecule has 28 heteroatoms. The van der Waals surface area contributed by atoms with Crippen LogP contribution < -0.4 is 41.4 Å². The molecule has 0 radical (unpaired) electrons. The fraction of sp³-hybridized carbons (Fsp3) is 0.275. The third-order valence-electron chi connectivity index (χ3n) is 16.1. The minimum absolute atomic E-state index is 0.00231. The molecule has 14 N–H and O–H groups in total. The second-order valence-electron chi connectivity index (χ2n) is 26.8. The zero-order valence-corrected chi connectivity index (χ0v) is 61.3. The van der Waals surface area contributed by atoms with Crippen molar-refractivity contribution >= 4 is 79.9 Å². The molecule has 12 rings (SSSR count). The van der Waals surface area contributed by atoms with Gasteiger partial charge < -0.3 is 71.6 Å². The molecule has 108 heavy (non-hydrogen) atoms. The molecule has 12 aromatic rings. The lowest BCUT2D eigenvalue weighted by molar-refractivity contribution is -0.0882. The topological polar surface area (TPSA) is 400 Å². The molecule has 0 saturated carbocycles. The molecule has 6 heterocycles. The minimum Gasteiger partial charge on any atom is -0.488 e. The second-order valence-corrected chi connectivity index (χ2v) is 26.8. The molecule has 6 aromatic carbocycles. The highest BCUT2D eigenvalue weighted by atomic mass is 16.5. The first-order valence-corrected chi connectivity index (χ1v) is 35.1. The third kappa shape index (κ3) is 24.1. The van der Waals surface area contributed by atoms with E-state index >= 15 is 0 Å². The van der Waals surface area contributed by atoms with E-state index in [2.05, 4.69) is 103 Å². The number of aryl methyl sites for hydroxylation is 2. The van der Waals surface area contributed by atoms with Crippen LogP contribution in [0.5, 0.6) is 11.5 Å². The summed E-state index contributed by atoms with van der Waals surface area (Å²) in [5.74, 6) is 5.15. The predicted molar refractivity (Wildman–Crippen MR) is 416 cm³/mol. The van der Waals surface area contributed by atoms with Gasteiger partial charge in [-0.15, -0.1) is 0 Å². The van der Waals surface area contributed by atoms with Gasteiger partial charge in [0.2, 0.25) is 0 Å². The summed E-state index contributed by atoms with van der Waals surface area (Å²) in [7, 11) is 0. The molecule has 0 aliphatic heterocycles. The molecule has 0 spiro atoms. The van der Waals surface area contributed by atoms with Gasteiger partial charge in [-0.05, 0) is 96.8 Å². The Kier molecular flexibility index (Phi) is 28.5. The minimum atomic E-state index is -1.43. The van der Waals surface area contributed by atoms with E-state index in [4.69, 9.17) is 60.5 Å². The van der Waals surface area contributed by atoms with Crippen LogP contribution in [-0.2, 0) is 36.9 Å². The summed E-state index contributed by atoms with van der Waals surface area (Å²) in [4.78, 5) is 53.1. The quantitative estimate of drug-likeness (QED) is 0.0250. The summed E-state index contributed by atoms with van der Waals surface area (Å²) in [5, 5.41) is 96.6. The highest BCUT2D eigenvalue weighted by Gasteiger charge is 2.24.